The number of aromatic amines is 1. The number of carboxylic acids is 1. The SMILES string of the molecule is C=C(C)C(=O)OCCCC(CC)(CC)C(=O)NC1=N/C(=C\c2[nH]c(NC(=O)C(CC)(CC)CCCSC(COC=O)C(=O)O)c(C(=O)OC3C(C(C)(C)C)CC(C)CC3C(C)(C)C)c2C(C)C)C(C(C)C)=C1C(=O)OC1C(C(C)(C)C)CC(C)CC1C(C)(C)C. The number of amides is 2. The third-order valence-electron chi connectivity index (χ3n) is 20.3. The number of carboxylic acid groups (broad SMARTS) is 1. The van der Waals surface area contributed by atoms with Crippen molar-refractivity contribution < 1.29 is 57.6 Å². The first-order valence-corrected chi connectivity index (χ1v) is 34.7. The number of nitrogens with one attached hydrogen (secondary N) is 3. The molecule has 0 radical (unpaired) electrons. The van der Waals surface area contributed by atoms with E-state index >= 15 is 19.2 Å². The van der Waals surface area contributed by atoms with Gasteiger partial charge in [-0.25, -0.2) is 19.4 Å². The van der Waals surface area contributed by atoms with Crippen LogP contribution in [0.2, 0.25) is 0 Å². The lowest BCUT2D eigenvalue weighted by Gasteiger charge is -2.50. The van der Waals surface area contributed by atoms with E-state index in [4.69, 9.17) is 23.9 Å². The van der Waals surface area contributed by atoms with E-state index < -0.39 is 52.2 Å². The molecule has 4 N–H and O–H groups in total. The lowest BCUT2D eigenvalue weighted by molar-refractivity contribution is -0.164. The summed E-state index contributed by atoms with van der Waals surface area (Å²) < 4.78 is 24.3. The summed E-state index contributed by atoms with van der Waals surface area (Å²) >= 11 is 1.15. The maximum atomic E-state index is 15.8. The van der Waals surface area contributed by atoms with Crippen LogP contribution in [0.5, 0.6) is 0 Å². The summed E-state index contributed by atoms with van der Waals surface area (Å²) in [5.74, 6) is -2.69. The van der Waals surface area contributed by atoms with Crippen molar-refractivity contribution in [1.82, 2.24) is 10.3 Å². The van der Waals surface area contributed by atoms with E-state index in [1.807, 2.05) is 61.5 Å². The molecule has 5 unspecified atom stereocenters. The summed E-state index contributed by atoms with van der Waals surface area (Å²) in [5.41, 5.74) is -0.232. The summed E-state index contributed by atoms with van der Waals surface area (Å²) in [5, 5.41) is 15.3. The third-order valence-corrected chi connectivity index (χ3v) is 21.6. The fraction of sp³-hybridized carbons (Fsp3) is 0.753. The monoisotopic (exact) mass is 1270 g/mol. The van der Waals surface area contributed by atoms with Crippen LogP contribution in [0.15, 0.2) is 34.0 Å². The second-order valence-corrected chi connectivity index (χ2v) is 33.0. The van der Waals surface area contributed by atoms with Gasteiger partial charge in [-0.2, -0.15) is 0 Å². The molecule has 0 spiro atoms. The minimum absolute atomic E-state index is 0.0119. The van der Waals surface area contributed by atoms with Gasteiger partial charge in [-0.15, -0.1) is 11.8 Å². The van der Waals surface area contributed by atoms with Gasteiger partial charge in [0.05, 0.1) is 12.3 Å². The topological polar surface area (TPSA) is 229 Å². The number of esters is 3. The number of anilines is 1. The van der Waals surface area contributed by atoms with E-state index in [2.05, 4.69) is 119 Å². The molecule has 4 rings (SSSR count). The van der Waals surface area contributed by atoms with E-state index in [0.717, 1.165) is 37.4 Å². The molecule has 3 aliphatic rings. The molecule has 1 aromatic heterocycles. The number of rotatable bonds is 28. The predicted molar refractivity (Wildman–Crippen MR) is 363 cm³/mol. The molecule has 2 fully saturated rings. The quantitative estimate of drug-likeness (QED) is 0.0201. The number of nitrogens with zero attached hydrogens (tertiary/aromatic N) is 1. The van der Waals surface area contributed by atoms with Gasteiger partial charge in [0, 0.05) is 45.8 Å². The Hall–Kier alpha value is -5.19. The third kappa shape index (κ3) is 19.0. The van der Waals surface area contributed by atoms with Gasteiger partial charge in [0.1, 0.15) is 46.9 Å². The molecule has 1 aromatic rings. The second kappa shape index (κ2) is 31.6. The zero-order valence-corrected chi connectivity index (χ0v) is 60.4. The number of H-pyrrole nitrogens is 1. The standard InChI is InChI=1S/C73H118N4O12S/c1-25-72(26-2,31-29-33-87-63(81)44(9)10)66(84)76-60-56(64(82)88-58-47(68(13,14)15)35-45(11)36-48(58)69(16,17)18)54(42(5)6)51(74-60)39-52-55(43(7)8)57(65(83)89-59-49(70(19,20)21)37-46(12)38-50(59)71(22,23)24)61(75-52)77-67(85)73(27-3,28-4)32-30-34-90-53(62(79)80)40-86-41-78/h39,41-43,45-50,53,58-59,75H,9,25-38,40H2,1-8,10-24H3,(H,77,85)(H,79,80)(H,74,76,84)/b51-39-. The normalized spacial score (nSPS) is 22.9. The van der Waals surface area contributed by atoms with Gasteiger partial charge in [-0.05, 0) is 152 Å². The summed E-state index contributed by atoms with van der Waals surface area (Å²) in [7, 11) is 0. The van der Waals surface area contributed by atoms with Crippen LogP contribution in [-0.2, 0) is 47.7 Å². The van der Waals surface area contributed by atoms with Gasteiger partial charge in [0.25, 0.3) is 6.47 Å². The molecule has 5 atom stereocenters. The van der Waals surface area contributed by atoms with E-state index in [1.165, 1.54) is 0 Å². The molecule has 2 heterocycles. The molecule has 2 amide bonds. The minimum Gasteiger partial charge on any atom is -0.480 e. The van der Waals surface area contributed by atoms with Gasteiger partial charge < -0.3 is 39.7 Å². The van der Waals surface area contributed by atoms with Gasteiger partial charge in [-0.3, -0.25) is 19.2 Å². The number of hydrogen-bond donors (Lipinski definition) is 4. The fourth-order valence-electron chi connectivity index (χ4n) is 14.5. The number of ether oxygens (including phenoxy) is 4. The second-order valence-electron chi connectivity index (χ2n) is 31.7. The summed E-state index contributed by atoms with van der Waals surface area (Å²) in [4.78, 5) is 106. The van der Waals surface area contributed by atoms with Crippen LogP contribution in [0, 0.1) is 73.9 Å². The van der Waals surface area contributed by atoms with Crippen molar-refractivity contribution in [2.75, 3.05) is 24.3 Å². The number of aliphatic imine (C=N–C) groups is 1. The first-order chi connectivity index (χ1) is 41.6. The summed E-state index contributed by atoms with van der Waals surface area (Å²) in [6.45, 7) is 52.1. The maximum Gasteiger partial charge on any atom is 0.342 e. The highest BCUT2D eigenvalue weighted by Crippen LogP contribution is 2.53. The molecule has 17 heteroatoms. The predicted octanol–water partition coefficient (Wildman–Crippen LogP) is 16.5. The average Bonchev–Trinajstić information content (AvgIpc) is 1.43. The maximum absolute atomic E-state index is 15.8. The van der Waals surface area contributed by atoms with Crippen LogP contribution in [-0.4, -0.2) is 94.5 Å². The number of carbonyl (C=O) groups is 7. The molecule has 2 aliphatic carbocycles. The highest BCUT2D eigenvalue weighted by atomic mass is 32.2. The Morgan fingerprint density at radius 3 is 1.53 bits per heavy atom. The summed E-state index contributed by atoms with van der Waals surface area (Å²) in [6, 6.07) is 0. The minimum atomic E-state index is -1.10. The first-order valence-electron chi connectivity index (χ1n) is 33.7. The molecule has 0 aromatic carbocycles. The Balaban J connectivity index is 2.09. The van der Waals surface area contributed by atoms with Crippen LogP contribution in [0.4, 0.5) is 5.82 Å². The molecule has 0 bridgehead atoms. The number of aromatic nitrogens is 1. The Kier molecular flexibility index (Phi) is 27.1. The first kappa shape index (κ1) is 77.3. The largest absolute Gasteiger partial charge is 0.480 e. The van der Waals surface area contributed by atoms with Crippen molar-refractivity contribution in [3.63, 3.8) is 0 Å². The van der Waals surface area contributed by atoms with Crippen molar-refractivity contribution in [2.24, 2.45) is 78.9 Å². The highest BCUT2D eigenvalue weighted by Gasteiger charge is 2.51. The molecule has 0 saturated heterocycles. The Morgan fingerprint density at radius 1 is 0.689 bits per heavy atom. The van der Waals surface area contributed by atoms with E-state index in [1.54, 1.807) is 6.92 Å². The van der Waals surface area contributed by atoms with Crippen LogP contribution in [0.1, 0.15) is 264 Å². The van der Waals surface area contributed by atoms with Crippen molar-refractivity contribution in [3.8, 4) is 0 Å². The van der Waals surface area contributed by atoms with Crippen molar-refractivity contribution in [2.45, 2.75) is 260 Å². The number of thioether (sulfide) groups is 1. The molecule has 508 valence electrons. The molecule has 1 aliphatic heterocycles. The summed E-state index contributed by atoms with van der Waals surface area (Å²) in [6.07, 6.45) is 7.78. The van der Waals surface area contributed by atoms with E-state index in [9.17, 15) is 19.5 Å². The Bertz CT molecular complexity index is 2750. The number of amidine groups is 1. The van der Waals surface area contributed by atoms with E-state index in [0.29, 0.717) is 91.5 Å². The lowest BCUT2D eigenvalue weighted by Crippen LogP contribution is -2.50. The van der Waals surface area contributed by atoms with Crippen LogP contribution in [0.3, 0.4) is 0 Å². The van der Waals surface area contributed by atoms with Crippen molar-refractivity contribution >= 4 is 71.7 Å². The van der Waals surface area contributed by atoms with Gasteiger partial charge >= 0.3 is 23.9 Å². The zero-order chi connectivity index (χ0) is 68.4. The Labute approximate surface area is 545 Å². The van der Waals surface area contributed by atoms with Crippen LogP contribution in [0.25, 0.3) is 6.08 Å². The molecule has 90 heavy (non-hydrogen) atoms. The smallest absolute Gasteiger partial charge is 0.342 e. The fourth-order valence-corrected chi connectivity index (χ4v) is 15.4. The van der Waals surface area contributed by atoms with Crippen LogP contribution < -0.4 is 10.6 Å². The highest BCUT2D eigenvalue weighted by molar-refractivity contribution is 8.00. The number of aliphatic carboxylic acids is 1. The van der Waals surface area contributed by atoms with Crippen molar-refractivity contribution in [1.29, 1.82) is 0 Å². The molecule has 2 saturated carbocycles. The van der Waals surface area contributed by atoms with Crippen LogP contribution >= 0.6 is 11.8 Å². The lowest BCUT2D eigenvalue weighted by atomic mass is 9.59. The molecular weight excluding hydrogens is 1160 g/mol. The van der Waals surface area contributed by atoms with E-state index in [-0.39, 0.29) is 117 Å². The van der Waals surface area contributed by atoms with Gasteiger partial charge in [-0.1, -0.05) is 159 Å². The van der Waals surface area contributed by atoms with Crippen molar-refractivity contribution in [3.05, 3.63) is 45.8 Å². The Morgan fingerprint density at radius 2 is 1.13 bits per heavy atom. The number of hydrogen-bond acceptors (Lipinski definition) is 13. The zero-order valence-electron chi connectivity index (χ0n) is 59.6. The van der Waals surface area contributed by atoms with Gasteiger partial charge in [0.2, 0.25) is 11.8 Å². The molecule has 16 nitrogen and oxygen atoms in total. The number of allylic oxidation sites excluding steroid dienone is 1. The average molecular weight is 1280 g/mol. The number of carbonyl (C=O) groups excluding carboxylic acids is 6. The molecular formula is C73H118N4O12S. The van der Waals surface area contributed by atoms with Gasteiger partial charge in [0.15, 0.2) is 0 Å².